The van der Waals surface area contributed by atoms with Gasteiger partial charge in [0.25, 0.3) is 0 Å². The van der Waals surface area contributed by atoms with E-state index >= 15 is 0 Å². The number of piperidine rings is 1. The molecule has 1 aromatic carbocycles. The molecule has 130 valence electrons. The van der Waals surface area contributed by atoms with Crippen molar-refractivity contribution in [1.29, 1.82) is 0 Å². The predicted octanol–water partition coefficient (Wildman–Crippen LogP) is 3.58. The number of benzene rings is 1. The summed E-state index contributed by atoms with van der Waals surface area (Å²) in [5, 5.41) is 0. The van der Waals surface area contributed by atoms with E-state index in [0.29, 0.717) is 0 Å². The van der Waals surface area contributed by atoms with E-state index < -0.39 is 0 Å². The molecule has 3 aromatic rings. The Morgan fingerprint density at radius 3 is 2.52 bits per heavy atom. The van der Waals surface area contributed by atoms with Crippen LogP contribution in [0, 0.1) is 0 Å². The number of anilines is 1. The van der Waals surface area contributed by atoms with E-state index in [2.05, 4.69) is 21.4 Å². The molecule has 1 saturated heterocycles. The largest absolute Gasteiger partial charge is 0.497 e. The number of nitrogens with two attached hydrogens (primary N) is 1. The summed E-state index contributed by atoms with van der Waals surface area (Å²) in [7, 11) is 1.69. The molecule has 4 rings (SSSR count). The second-order valence-corrected chi connectivity index (χ2v) is 6.66. The second kappa shape index (κ2) is 6.76. The number of methoxy groups -OCH3 is 1. The third-order valence-electron chi connectivity index (χ3n) is 4.93. The summed E-state index contributed by atoms with van der Waals surface area (Å²) < 4.78 is 7.42. The van der Waals surface area contributed by atoms with Crippen LogP contribution in [0.5, 0.6) is 5.75 Å². The average molecular weight is 336 g/mol. The summed E-state index contributed by atoms with van der Waals surface area (Å²) in [4.78, 5) is 7.40. The summed E-state index contributed by atoms with van der Waals surface area (Å²) in [5.41, 5.74) is 11.1. The summed E-state index contributed by atoms with van der Waals surface area (Å²) in [6.45, 7) is 3.20. The maximum absolute atomic E-state index is 6.03. The van der Waals surface area contributed by atoms with Gasteiger partial charge in [0, 0.05) is 24.0 Å². The highest BCUT2D eigenvalue weighted by molar-refractivity contribution is 5.68. The molecule has 0 bridgehead atoms. The van der Waals surface area contributed by atoms with E-state index in [1.54, 1.807) is 7.11 Å². The Kier molecular flexibility index (Phi) is 4.32. The van der Waals surface area contributed by atoms with E-state index in [1.807, 2.05) is 30.5 Å². The molecule has 3 heterocycles. The first kappa shape index (κ1) is 16.0. The smallest absolute Gasteiger partial charge is 0.137 e. The molecular weight excluding hydrogens is 312 g/mol. The summed E-state index contributed by atoms with van der Waals surface area (Å²) in [6, 6.07) is 12.0. The number of nitrogens with zero attached hydrogens (tertiary/aromatic N) is 3. The Hall–Kier alpha value is -2.53. The number of hydrogen-bond acceptors (Lipinski definition) is 4. The highest BCUT2D eigenvalue weighted by Crippen LogP contribution is 2.28. The predicted molar refractivity (Wildman–Crippen MR) is 101 cm³/mol. The topological polar surface area (TPSA) is 55.8 Å². The number of nitrogen functional groups attached to an aromatic ring is 1. The van der Waals surface area contributed by atoms with E-state index in [9.17, 15) is 0 Å². The Morgan fingerprint density at radius 1 is 1.04 bits per heavy atom. The maximum atomic E-state index is 6.03. The Morgan fingerprint density at radius 2 is 1.80 bits per heavy atom. The normalized spacial score (nSPS) is 15.6. The van der Waals surface area contributed by atoms with Crippen molar-refractivity contribution in [3.8, 4) is 17.0 Å². The fourth-order valence-corrected chi connectivity index (χ4v) is 3.57. The molecule has 1 aliphatic heterocycles. The van der Waals surface area contributed by atoms with Crippen LogP contribution in [0.15, 0.2) is 42.6 Å². The van der Waals surface area contributed by atoms with Crippen molar-refractivity contribution >= 4 is 11.3 Å². The van der Waals surface area contributed by atoms with Gasteiger partial charge in [0.05, 0.1) is 18.5 Å². The van der Waals surface area contributed by atoms with Crippen molar-refractivity contribution in [3.63, 3.8) is 0 Å². The lowest BCUT2D eigenvalue weighted by molar-refractivity contribution is 0.218. The van der Waals surface area contributed by atoms with Crippen molar-refractivity contribution < 1.29 is 4.74 Å². The fourth-order valence-electron chi connectivity index (χ4n) is 3.57. The maximum Gasteiger partial charge on any atom is 0.137 e. The van der Waals surface area contributed by atoms with Gasteiger partial charge in [-0.05, 0) is 62.3 Å². The van der Waals surface area contributed by atoms with Gasteiger partial charge in [0.2, 0.25) is 0 Å². The first-order valence-electron chi connectivity index (χ1n) is 8.88. The Labute approximate surface area is 148 Å². The van der Waals surface area contributed by atoms with Crippen LogP contribution in [0.3, 0.4) is 0 Å². The third kappa shape index (κ3) is 3.20. The van der Waals surface area contributed by atoms with Crippen molar-refractivity contribution in [2.24, 2.45) is 0 Å². The van der Waals surface area contributed by atoms with Crippen LogP contribution < -0.4 is 10.5 Å². The highest BCUT2D eigenvalue weighted by atomic mass is 16.5. The number of fused-ring (bicyclic) bond motifs is 1. The molecule has 1 aliphatic rings. The van der Waals surface area contributed by atoms with Crippen LogP contribution in [-0.2, 0) is 6.54 Å². The van der Waals surface area contributed by atoms with Gasteiger partial charge in [0.15, 0.2) is 0 Å². The van der Waals surface area contributed by atoms with Crippen molar-refractivity contribution in [2.45, 2.75) is 25.8 Å². The summed E-state index contributed by atoms with van der Waals surface area (Å²) in [6.07, 6.45) is 5.87. The van der Waals surface area contributed by atoms with Gasteiger partial charge in [-0.2, -0.15) is 0 Å². The standard InChI is InChI=1S/C20H24N4O/c1-25-17-8-5-15(6-9-17)20-18(14-23-11-3-2-4-12-23)24-13-16(21)7-10-19(24)22-20/h5-10,13H,2-4,11-12,14,21H2,1H3. The second-order valence-electron chi connectivity index (χ2n) is 6.66. The van der Waals surface area contributed by atoms with Gasteiger partial charge in [0.1, 0.15) is 11.4 Å². The molecule has 0 aliphatic carbocycles. The number of hydrogen-bond donors (Lipinski definition) is 1. The molecule has 0 atom stereocenters. The zero-order valence-corrected chi connectivity index (χ0v) is 14.6. The quantitative estimate of drug-likeness (QED) is 0.791. The van der Waals surface area contributed by atoms with Crippen LogP contribution in [0.4, 0.5) is 5.69 Å². The first-order valence-corrected chi connectivity index (χ1v) is 8.88. The van der Waals surface area contributed by atoms with Gasteiger partial charge in [-0.15, -0.1) is 0 Å². The monoisotopic (exact) mass is 336 g/mol. The zero-order chi connectivity index (χ0) is 17.2. The molecule has 25 heavy (non-hydrogen) atoms. The van der Waals surface area contributed by atoms with Gasteiger partial charge in [-0.1, -0.05) is 6.42 Å². The van der Waals surface area contributed by atoms with E-state index in [4.69, 9.17) is 15.5 Å². The minimum Gasteiger partial charge on any atom is -0.497 e. The molecule has 0 amide bonds. The lowest BCUT2D eigenvalue weighted by atomic mass is 10.1. The van der Waals surface area contributed by atoms with Gasteiger partial charge >= 0.3 is 0 Å². The molecule has 0 saturated carbocycles. The van der Waals surface area contributed by atoms with E-state index in [0.717, 1.165) is 48.0 Å². The van der Waals surface area contributed by atoms with Gasteiger partial charge < -0.3 is 14.9 Å². The lowest BCUT2D eigenvalue weighted by Gasteiger charge is -2.26. The minimum atomic E-state index is 0.756. The average Bonchev–Trinajstić information content (AvgIpc) is 3.00. The number of rotatable bonds is 4. The number of likely N-dealkylation sites (tertiary alicyclic amines) is 1. The fraction of sp³-hybridized carbons (Fsp3) is 0.350. The zero-order valence-electron chi connectivity index (χ0n) is 14.6. The van der Waals surface area contributed by atoms with Crippen LogP contribution in [-0.4, -0.2) is 34.5 Å². The van der Waals surface area contributed by atoms with Crippen LogP contribution >= 0.6 is 0 Å². The van der Waals surface area contributed by atoms with Crippen LogP contribution in [0.25, 0.3) is 16.9 Å². The molecule has 0 unspecified atom stereocenters. The summed E-state index contributed by atoms with van der Waals surface area (Å²) in [5.74, 6) is 0.856. The third-order valence-corrected chi connectivity index (χ3v) is 4.93. The molecule has 0 spiro atoms. The summed E-state index contributed by atoms with van der Waals surface area (Å²) >= 11 is 0. The molecule has 0 radical (unpaired) electrons. The first-order chi connectivity index (χ1) is 12.2. The number of aromatic nitrogens is 2. The highest BCUT2D eigenvalue weighted by Gasteiger charge is 2.18. The molecule has 5 nitrogen and oxygen atoms in total. The van der Waals surface area contributed by atoms with Crippen molar-refractivity contribution in [1.82, 2.24) is 14.3 Å². The van der Waals surface area contributed by atoms with Gasteiger partial charge in [-0.3, -0.25) is 4.90 Å². The van der Waals surface area contributed by atoms with Crippen molar-refractivity contribution in [3.05, 3.63) is 48.3 Å². The SMILES string of the molecule is COc1ccc(-c2nc3ccc(N)cn3c2CN2CCCCC2)cc1. The lowest BCUT2D eigenvalue weighted by Crippen LogP contribution is -2.29. The molecular formula is C20H24N4O. The molecule has 2 N–H and O–H groups in total. The number of ether oxygens (including phenoxy) is 1. The number of pyridine rings is 1. The molecule has 2 aromatic heterocycles. The number of imidazole rings is 1. The van der Waals surface area contributed by atoms with Crippen LogP contribution in [0.2, 0.25) is 0 Å². The minimum absolute atomic E-state index is 0.756. The van der Waals surface area contributed by atoms with Crippen LogP contribution in [0.1, 0.15) is 25.0 Å². The Bertz CT molecular complexity index is 863. The van der Waals surface area contributed by atoms with E-state index in [-0.39, 0.29) is 0 Å². The molecule has 5 heteroatoms. The van der Waals surface area contributed by atoms with E-state index in [1.165, 1.54) is 25.0 Å². The van der Waals surface area contributed by atoms with Crippen molar-refractivity contribution in [2.75, 3.05) is 25.9 Å². The molecule has 1 fully saturated rings. The Balaban J connectivity index is 1.79. The van der Waals surface area contributed by atoms with Gasteiger partial charge in [-0.25, -0.2) is 4.98 Å².